The second-order valence-electron chi connectivity index (χ2n) is 6.03. The quantitative estimate of drug-likeness (QED) is 0.556. The lowest BCUT2D eigenvalue weighted by molar-refractivity contribution is -0.0998. The smallest absolute Gasteiger partial charge is 0.0848 e. The van der Waals surface area contributed by atoms with Crippen LogP contribution in [0, 0.1) is 11.8 Å². The molecule has 3 N–H and O–H groups in total. The zero-order chi connectivity index (χ0) is 12.9. The van der Waals surface area contributed by atoms with Crippen LogP contribution in [-0.4, -0.2) is 18.2 Å². The second kappa shape index (κ2) is 6.72. The van der Waals surface area contributed by atoms with Crippen molar-refractivity contribution in [1.82, 2.24) is 5.43 Å². The lowest BCUT2D eigenvalue weighted by Crippen LogP contribution is -2.56. The molecule has 0 aromatic heterocycles. The largest absolute Gasteiger partial charge is 0.374 e. The first kappa shape index (κ1) is 14.9. The maximum atomic E-state index is 6.13. The van der Waals surface area contributed by atoms with E-state index in [2.05, 4.69) is 33.1 Å². The van der Waals surface area contributed by atoms with Crippen LogP contribution < -0.4 is 11.3 Å². The highest BCUT2D eigenvalue weighted by Gasteiger charge is 2.41. The lowest BCUT2D eigenvalue weighted by Gasteiger charge is -2.45. The third-order valence-electron chi connectivity index (χ3n) is 4.10. The van der Waals surface area contributed by atoms with Crippen LogP contribution in [0.1, 0.15) is 59.8 Å². The van der Waals surface area contributed by atoms with Crippen molar-refractivity contribution in [2.75, 3.05) is 6.61 Å². The Hall–Kier alpha value is -0.120. The Morgan fingerprint density at radius 2 is 1.94 bits per heavy atom. The number of hydrogen-bond donors (Lipinski definition) is 2. The second-order valence-corrected chi connectivity index (χ2v) is 6.03. The first-order valence-corrected chi connectivity index (χ1v) is 7.14. The minimum atomic E-state index is -0.0275. The molecule has 1 rings (SSSR count). The first-order chi connectivity index (χ1) is 8.04. The van der Waals surface area contributed by atoms with Crippen LogP contribution in [0.15, 0.2) is 0 Å². The van der Waals surface area contributed by atoms with Crippen LogP contribution >= 0.6 is 0 Å². The number of ether oxygens (including phenoxy) is 1. The molecule has 3 nitrogen and oxygen atoms in total. The Morgan fingerprint density at radius 1 is 1.35 bits per heavy atom. The highest BCUT2D eigenvalue weighted by atomic mass is 16.5. The molecule has 0 bridgehead atoms. The predicted molar refractivity (Wildman–Crippen MR) is 72.6 cm³/mol. The molecule has 0 aromatic rings. The summed E-state index contributed by atoms with van der Waals surface area (Å²) in [6.07, 6.45) is 5.89. The van der Waals surface area contributed by atoms with Gasteiger partial charge in [0, 0.05) is 6.61 Å². The summed E-state index contributed by atoms with van der Waals surface area (Å²) in [5.41, 5.74) is 2.99. The normalized spacial score (nSPS) is 31.8. The maximum Gasteiger partial charge on any atom is 0.0848 e. The van der Waals surface area contributed by atoms with Gasteiger partial charge in [-0.2, -0.15) is 0 Å². The SMILES string of the molecule is CCOC1(C(CC(C)C)NN)CCC(C)CC1. The molecule has 17 heavy (non-hydrogen) atoms. The molecule has 1 unspecified atom stereocenters. The Balaban J connectivity index is 2.73. The van der Waals surface area contributed by atoms with Gasteiger partial charge in [0.05, 0.1) is 11.6 Å². The average Bonchev–Trinajstić information content (AvgIpc) is 2.29. The van der Waals surface area contributed by atoms with Gasteiger partial charge >= 0.3 is 0 Å². The number of nitrogens with one attached hydrogen (secondary N) is 1. The predicted octanol–water partition coefficient (Wildman–Crippen LogP) is 2.85. The van der Waals surface area contributed by atoms with Crippen LogP contribution in [0.25, 0.3) is 0 Å². The molecule has 0 aliphatic heterocycles. The van der Waals surface area contributed by atoms with Gasteiger partial charge in [0.1, 0.15) is 0 Å². The van der Waals surface area contributed by atoms with Crippen molar-refractivity contribution < 1.29 is 4.74 Å². The third-order valence-corrected chi connectivity index (χ3v) is 4.10. The molecule has 0 heterocycles. The molecule has 3 heteroatoms. The molecule has 1 saturated carbocycles. The Bertz CT molecular complexity index is 210. The summed E-state index contributed by atoms with van der Waals surface area (Å²) in [6.45, 7) is 9.70. The fraction of sp³-hybridized carbons (Fsp3) is 1.00. The molecule has 0 aromatic carbocycles. The fourth-order valence-corrected chi connectivity index (χ4v) is 3.04. The van der Waals surface area contributed by atoms with Crippen molar-refractivity contribution in [3.8, 4) is 0 Å². The molecule has 102 valence electrons. The molecule has 0 saturated heterocycles. The van der Waals surface area contributed by atoms with E-state index in [4.69, 9.17) is 10.6 Å². The molecule has 0 spiro atoms. The van der Waals surface area contributed by atoms with E-state index < -0.39 is 0 Å². The number of hydrazine groups is 1. The monoisotopic (exact) mass is 242 g/mol. The summed E-state index contributed by atoms with van der Waals surface area (Å²) in [5, 5.41) is 0. The molecule has 0 radical (unpaired) electrons. The van der Waals surface area contributed by atoms with E-state index in [9.17, 15) is 0 Å². The minimum Gasteiger partial charge on any atom is -0.374 e. The van der Waals surface area contributed by atoms with E-state index in [1.165, 1.54) is 12.8 Å². The van der Waals surface area contributed by atoms with E-state index in [-0.39, 0.29) is 11.6 Å². The molecular weight excluding hydrogens is 212 g/mol. The first-order valence-electron chi connectivity index (χ1n) is 7.14. The van der Waals surface area contributed by atoms with Gasteiger partial charge in [0.15, 0.2) is 0 Å². The van der Waals surface area contributed by atoms with Crippen LogP contribution in [0.4, 0.5) is 0 Å². The summed E-state index contributed by atoms with van der Waals surface area (Å²) in [5.74, 6) is 7.25. The van der Waals surface area contributed by atoms with Gasteiger partial charge in [0.25, 0.3) is 0 Å². The molecule has 1 atom stereocenters. The van der Waals surface area contributed by atoms with Gasteiger partial charge in [0.2, 0.25) is 0 Å². The van der Waals surface area contributed by atoms with Crippen LogP contribution in [0.3, 0.4) is 0 Å². The zero-order valence-electron chi connectivity index (χ0n) is 12.0. The molecule has 1 fully saturated rings. The third kappa shape index (κ3) is 3.94. The van der Waals surface area contributed by atoms with Gasteiger partial charge in [-0.15, -0.1) is 0 Å². The number of hydrogen-bond acceptors (Lipinski definition) is 3. The summed E-state index contributed by atoms with van der Waals surface area (Å²) in [7, 11) is 0. The lowest BCUT2D eigenvalue weighted by atomic mass is 9.73. The molecule has 1 aliphatic rings. The van der Waals surface area contributed by atoms with Crippen molar-refractivity contribution >= 4 is 0 Å². The summed E-state index contributed by atoms with van der Waals surface area (Å²) in [4.78, 5) is 0. The zero-order valence-corrected chi connectivity index (χ0v) is 12.0. The van der Waals surface area contributed by atoms with Crippen molar-refractivity contribution in [1.29, 1.82) is 0 Å². The minimum absolute atomic E-state index is 0.0275. The molecule has 1 aliphatic carbocycles. The fourth-order valence-electron chi connectivity index (χ4n) is 3.04. The van der Waals surface area contributed by atoms with E-state index in [1.54, 1.807) is 0 Å². The van der Waals surface area contributed by atoms with Crippen molar-refractivity contribution in [2.24, 2.45) is 17.7 Å². The Morgan fingerprint density at radius 3 is 2.35 bits per heavy atom. The highest BCUT2D eigenvalue weighted by molar-refractivity contribution is 4.96. The van der Waals surface area contributed by atoms with Crippen molar-refractivity contribution in [3.05, 3.63) is 0 Å². The van der Waals surface area contributed by atoms with Crippen molar-refractivity contribution in [2.45, 2.75) is 71.4 Å². The Labute approximate surface area is 106 Å². The van der Waals surface area contributed by atoms with Crippen LogP contribution in [-0.2, 0) is 4.74 Å². The van der Waals surface area contributed by atoms with Gasteiger partial charge in [-0.3, -0.25) is 11.3 Å². The summed E-state index contributed by atoms with van der Waals surface area (Å²) in [6, 6.07) is 0.287. The van der Waals surface area contributed by atoms with Crippen molar-refractivity contribution in [3.63, 3.8) is 0 Å². The van der Waals surface area contributed by atoms with Gasteiger partial charge in [-0.25, -0.2) is 0 Å². The standard InChI is InChI=1S/C14H30N2O/c1-5-17-14(8-6-12(4)7-9-14)13(16-15)10-11(2)3/h11-13,16H,5-10,15H2,1-4H3. The summed E-state index contributed by atoms with van der Waals surface area (Å²) < 4.78 is 6.13. The highest BCUT2D eigenvalue weighted by Crippen LogP contribution is 2.38. The summed E-state index contributed by atoms with van der Waals surface area (Å²) >= 11 is 0. The van der Waals surface area contributed by atoms with Gasteiger partial charge < -0.3 is 4.74 Å². The van der Waals surface area contributed by atoms with E-state index in [0.29, 0.717) is 5.92 Å². The number of rotatable bonds is 6. The van der Waals surface area contributed by atoms with E-state index >= 15 is 0 Å². The average molecular weight is 242 g/mol. The topological polar surface area (TPSA) is 47.3 Å². The van der Waals surface area contributed by atoms with Gasteiger partial charge in [-0.1, -0.05) is 20.8 Å². The van der Waals surface area contributed by atoms with E-state index in [0.717, 1.165) is 31.8 Å². The Kier molecular flexibility index (Phi) is 5.90. The number of nitrogens with two attached hydrogens (primary N) is 1. The van der Waals surface area contributed by atoms with Crippen LogP contribution in [0.5, 0.6) is 0 Å². The van der Waals surface area contributed by atoms with Crippen LogP contribution in [0.2, 0.25) is 0 Å². The molecular formula is C14H30N2O. The van der Waals surface area contributed by atoms with E-state index in [1.807, 2.05) is 0 Å². The maximum absolute atomic E-state index is 6.13. The van der Waals surface area contributed by atoms with Gasteiger partial charge in [-0.05, 0) is 50.9 Å². The molecule has 0 amide bonds.